The van der Waals surface area contributed by atoms with Crippen LogP contribution in [0, 0.1) is 6.92 Å². The molecular formula is C29H37F3N2O3. The molecule has 3 aliphatic rings. The number of halogens is 3. The first-order chi connectivity index (χ1) is 17.7. The lowest BCUT2D eigenvalue weighted by Gasteiger charge is -2.50. The van der Waals surface area contributed by atoms with Crippen LogP contribution in [0.1, 0.15) is 65.8 Å². The predicted molar refractivity (Wildman–Crippen MR) is 137 cm³/mol. The van der Waals surface area contributed by atoms with Crippen LogP contribution in [0.15, 0.2) is 48.5 Å². The van der Waals surface area contributed by atoms with Crippen LogP contribution in [0.5, 0.6) is 0 Å². The summed E-state index contributed by atoms with van der Waals surface area (Å²) in [5.74, 6) is 0.358. The zero-order valence-electron chi connectivity index (χ0n) is 21.9. The predicted octanol–water partition coefficient (Wildman–Crippen LogP) is 5.75. The maximum absolute atomic E-state index is 13.3. The number of rotatable bonds is 4. The van der Waals surface area contributed by atoms with Crippen LogP contribution < -0.4 is 0 Å². The van der Waals surface area contributed by atoms with Crippen molar-refractivity contribution in [3.05, 3.63) is 70.8 Å². The number of hydrogen-bond acceptors (Lipinski definition) is 4. The smallest absolute Gasteiger partial charge is 0.380 e. The maximum atomic E-state index is 13.3. The summed E-state index contributed by atoms with van der Waals surface area (Å²) in [6.07, 6.45) is -3.69. The van der Waals surface area contributed by atoms with Gasteiger partial charge in [0.25, 0.3) is 5.91 Å². The molecular weight excluding hydrogens is 481 g/mol. The number of aryl methyl sites for hydroxylation is 1. The average molecular weight is 519 g/mol. The van der Waals surface area contributed by atoms with E-state index < -0.39 is 24.4 Å². The number of nitrogens with zero attached hydrogens (tertiary/aromatic N) is 2. The zero-order chi connectivity index (χ0) is 26.6. The number of benzene rings is 2. The number of alkyl halides is 3. The van der Waals surface area contributed by atoms with Gasteiger partial charge in [-0.05, 0) is 48.6 Å². The van der Waals surface area contributed by atoms with E-state index in [1.54, 1.807) is 4.90 Å². The summed E-state index contributed by atoms with van der Waals surface area (Å²) >= 11 is 0. The van der Waals surface area contributed by atoms with E-state index >= 15 is 0 Å². The van der Waals surface area contributed by atoms with Crippen LogP contribution in [0.4, 0.5) is 13.2 Å². The first-order valence-corrected chi connectivity index (χ1v) is 13.2. The Hall–Kier alpha value is -2.42. The molecule has 5 nitrogen and oxygen atoms in total. The van der Waals surface area contributed by atoms with Crippen LogP contribution >= 0.6 is 0 Å². The van der Waals surface area contributed by atoms with Crippen molar-refractivity contribution in [3.63, 3.8) is 0 Å². The lowest BCUT2D eigenvalue weighted by molar-refractivity contribution is -0.205. The van der Waals surface area contributed by atoms with Gasteiger partial charge in [-0.3, -0.25) is 9.69 Å². The Morgan fingerprint density at radius 3 is 2.30 bits per heavy atom. The van der Waals surface area contributed by atoms with Gasteiger partial charge in [0.15, 0.2) is 0 Å². The molecule has 0 aromatic heterocycles. The number of ether oxygens (including phenoxy) is 2. The van der Waals surface area contributed by atoms with Crippen molar-refractivity contribution in [2.75, 3.05) is 45.9 Å². The maximum Gasteiger partial charge on any atom is 0.401 e. The monoisotopic (exact) mass is 518 g/mol. The van der Waals surface area contributed by atoms with Gasteiger partial charge in [0.1, 0.15) is 0 Å². The third-order valence-corrected chi connectivity index (χ3v) is 7.46. The summed E-state index contributed by atoms with van der Waals surface area (Å²) in [5.41, 5.74) is 3.13. The SMILES string of the molecule is CC.Cc1cc(C(=O)N2CCC3(CC2)CN(CC(F)(F)F)CC(c2ccccc2)O3)ccc1C1COC1. The molecule has 2 aromatic carbocycles. The molecule has 0 bridgehead atoms. The van der Waals surface area contributed by atoms with Gasteiger partial charge in [0.05, 0.1) is 31.5 Å². The van der Waals surface area contributed by atoms with Crippen molar-refractivity contribution >= 4 is 5.91 Å². The minimum Gasteiger partial charge on any atom is -0.380 e. The summed E-state index contributed by atoms with van der Waals surface area (Å²) in [5, 5.41) is 0. The van der Waals surface area contributed by atoms with Crippen molar-refractivity contribution in [1.29, 1.82) is 0 Å². The molecule has 1 amide bonds. The molecule has 0 radical (unpaired) electrons. The number of amides is 1. The highest BCUT2D eigenvalue weighted by Gasteiger charge is 2.46. The van der Waals surface area contributed by atoms with Gasteiger partial charge in [-0.2, -0.15) is 13.2 Å². The van der Waals surface area contributed by atoms with Gasteiger partial charge >= 0.3 is 6.18 Å². The number of carbonyl (C=O) groups is 1. The van der Waals surface area contributed by atoms with Crippen molar-refractivity contribution in [1.82, 2.24) is 9.80 Å². The Bertz CT molecular complexity index is 1050. The lowest BCUT2D eigenvalue weighted by Crippen LogP contribution is -2.59. The normalized spacial score (nSPS) is 22.2. The summed E-state index contributed by atoms with van der Waals surface area (Å²) in [6.45, 7) is 7.83. The second-order valence-corrected chi connectivity index (χ2v) is 10.1. The van der Waals surface area contributed by atoms with Gasteiger partial charge in [-0.25, -0.2) is 0 Å². The largest absolute Gasteiger partial charge is 0.401 e. The second-order valence-electron chi connectivity index (χ2n) is 10.1. The number of morpholine rings is 1. The van der Waals surface area contributed by atoms with Crippen molar-refractivity contribution in [2.24, 2.45) is 0 Å². The minimum absolute atomic E-state index is 0.0399. The van der Waals surface area contributed by atoms with E-state index in [1.165, 1.54) is 10.5 Å². The van der Waals surface area contributed by atoms with Crippen LogP contribution in [0.3, 0.4) is 0 Å². The van der Waals surface area contributed by atoms with Crippen LogP contribution in [-0.4, -0.2) is 73.4 Å². The molecule has 8 heteroatoms. The van der Waals surface area contributed by atoms with Gasteiger partial charge < -0.3 is 14.4 Å². The molecule has 3 saturated heterocycles. The van der Waals surface area contributed by atoms with Gasteiger partial charge in [0, 0.05) is 37.7 Å². The molecule has 37 heavy (non-hydrogen) atoms. The van der Waals surface area contributed by atoms with E-state index in [4.69, 9.17) is 9.47 Å². The van der Waals surface area contributed by atoms with Crippen LogP contribution in [0.2, 0.25) is 0 Å². The fourth-order valence-electron chi connectivity index (χ4n) is 5.56. The molecule has 3 aliphatic heterocycles. The third kappa shape index (κ3) is 6.54. The highest BCUT2D eigenvalue weighted by Crippen LogP contribution is 2.39. The molecule has 3 fully saturated rings. The van der Waals surface area contributed by atoms with Crippen molar-refractivity contribution in [3.8, 4) is 0 Å². The van der Waals surface area contributed by atoms with E-state index in [0.717, 1.165) is 24.3 Å². The van der Waals surface area contributed by atoms with Gasteiger partial charge in [-0.1, -0.05) is 50.2 Å². The topological polar surface area (TPSA) is 42.0 Å². The third-order valence-electron chi connectivity index (χ3n) is 7.46. The Balaban J connectivity index is 0.00000156. The molecule has 5 rings (SSSR count). The highest BCUT2D eigenvalue weighted by molar-refractivity contribution is 5.94. The summed E-state index contributed by atoms with van der Waals surface area (Å²) < 4.78 is 51.6. The average Bonchev–Trinajstić information content (AvgIpc) is 2.85. The van der Waals surface area contributed by atoms with Gasteiger partial charge in [0.2, 0.25) is 0 Å². The Kier molecular flexibility index (Phi) is 8.61. The van der Waals surface area contributed by atoms with E-state index in [2.05, 4.69) is 0 Å². The summed E-state index contributed by atoms with van der Waals surface area (Å²) in [7, 11) is 0. The van der Waals surface area contributed by atoms with Gasteiger partial charge in [-0.15, -0.1) is 0 Å². The molecule has 1 unspecified atom stereocenters. The van der Waals surface area contributed by atoms with E-state index in [-0.39, 0.29) is 19.0 Å². The molecule has 1 spiro atoms. The zero-order valence-corrected chi connectivity index (χ0v) is 21.9. The van der Waals surface area contributed by atoms with E-state index in [9.17, 15) is 18.0 Å². The van der Waals surface area contributed by atoms with E-state index in [1.807, 2.05) is 69.3 Å². The Morgan fingerprint density at radius 1 is 1.05 bits per heavy atom. The second kappa shape index (κ2) is 11.5. The molecule has 202 valence electrons. The summed E-state index contributed by atoms with van der Waals surface area (Å²) in [4.78, 5) is 16.5. The molecule has 0 aliphatic carbocycles. The number of hydrogen-bond donors (Lipinski definition) is 0. The van der Waals surface area contributed by atoms with Crippen molar-refractivity contribution in [2.45, 2.75) is 57.4 Å². The highest BCUT2D eigenvalue weighted by atomic mass is 19.4. The van der Waals surface area contributed by atoms with Crippen molar-refractivity contribution < 1.29 is 27.4 Å². The number of likely N-dealkylation sites (tertiary alicyclic amines) is 1. The Labute approximate surface area is 217 Å². The lowest BCUT2D eigenvalue weighted by atomic mass is 9.87. The number of carbonyl (C=O) groups excluding carboxylic acids is 1. The summed E-state index contributed by atoms with van der Waals surface area (Å²) in [6, 6.07) is 15.3. The standard InChI is InChI=1S/C27H31F3N2O3.C2H6/c1-19-13-21(7-8-23(19)22-15-34-16-22)25(33)32-11-9-26(10-12-32)17-31(18-27(28,29)30)14-24(35-26)20-5-3-2-4-6-20;1-2/h2-8,13,22,24H,9-12,14-18H2,1H3;1-2H3. The molecule has 2 aromatic rings. The first kappa shape index (κ1) is 27.6. The first-order valence-electron chi connectivity index (χ1n) is 13.2. The fraction of sp³-hybridized carbons (Fsp3) is 0.552. The minimum atomic E-state index is -4.27. The number of piperidine rings is 1. The molecule has 0 N–H and O–H groups in total. The van der Waals surface area contributed by atoms with E-state index in [0.29, 0.717) is 37.4 Å². The molecule has 0 saturated carbocycles. The van der Waals surface area contributed by atoms with Crippen LogP contribution in [-0.2, 0) is 9.47 Å². The van der Waals surface area contributed by atoms with Crippen LogP contribution in [0.25, 0.3) is 0 Å². The molecule has 3 heterocycles. The fourth-order valence-corrected chi connectivity index (χ4v) is 5.56. The molecule has 1 atom stereocenters. The Morgan fingerprint density at radius 2 is 1.73 bits per heavy atom. The quantitative estimate of drug-likeness (QED) is 0.517.